The van der Waals surface area contributed by atoms with E-state index in [4.69, 9.17) is 4.74 Å². The van der Waals surface area contributed by atoms with Gasteiger partial charge in [0.05, 0.1) is 19.3 Å². The Bertz CT molecular complexity index is 285. The van der Waals surface area contributed by atoms with Crippen molar-refractivity contribution in [2.24, 2.45) is 10.8 Å². The van der Waals surface area contributed by atoms with Gasteiger partial charge in [0.25, 0.3) is 0 Å². The average molecular weight is 257 g/mol. The van der Waals surface area contributed by atoms with Gasteiger partial charge in [-0.1, -0.05) is 13.8 Å². The lowest BCUT2D eigenvalue weighted by atomic mass is 9.69. The Morgan fingerprint density at radius 2 is 1.67 bits per heavy atom. The topological polar surface area (TPSA) is 32.7 Å². The van der Waals surface area contributed by atoms with E-state index in [9.17, 15) is 5.11 Å². The molecule has 3 nitrogen and oxygen atoms in total. The minimum atomic E-state index is -0.0881. The highest BCUT2D eigenvalue weighted by Gasteiger charge is 2.53. The van der Waals surface area contributed by atoms with Crippen molar-refractivity contribution in [3.05, 3.63) is 0 Å². The molecule has 0 bridgehead atoms. The predicted octanol–water partition coefficient (Wildman–Crippen LogP) is 2.53. The molecule has 2 atom stereocenters. The molecule has 0 amide bonds. The number of nitrogens with zero attached hydrogens (tertiary/aromatic N) is 1. The van der Waals surface area contributed by atoms with Gasteiger partial charge in [-0.05, 0) is 34.6 Å². The van der Waals surface area contributed by atoms with Crippen molar-refractivity contribution in [2.75, 3.05) is 26.3 Å². The fourth-order valence-electron chi connectivity index (χ4n) is 2.57. The highest BCUT2D eigenvalue weighted by Crippen LogP contribution is 2.48. The molecule has 1 N–H and O–H groups in total. The van der Waals surface area contributed by atoms with E-state index in [2.05, 4.69) is 53.4 Å². The summed E-state index contributed by atoms with van der Waals surface area (Å²) in [5, 5.41) is 9.83. The molecule has 2 unspecified atom stereocenters. The first-order valence-corrected chi connectivity index (χ1v) is 7.02. The minimum Gasteiger partial charge on any atom is -0.396 e. The Labute approximate surface area is 113 Å². The van der Waals surface area contributed by atoms with Gasteiger partial charge in [0.2, 0.25) is 0 Å². The summed E-state index contributed by atoms with van der Waals surface area (Å²) < 4.78 is 5.85. The molecule has 3 heteroatoms. The third kappa shape index (κ3) is 3.06. The van der Waals surface area contributed by atoms with Crippen LogP contribution in [0.4, 0.5) is 0 Å². The maximum atomic E-state index is 9.83. The van der Waals surface area contributed by atoms with Crippen LogP contribution in [0.15, 0.2) is 0 Å². The molecule has 1 aliphatic rings. The van der Waals surface area contributed by atoms with Crippen molar-refractivity contribution in [1.29, 1.82) is 0 Å². The molecule has 1 fully saturated rings. The molecule has 0 aromatic carbocycles. The summed E-state index contributed by atoms with van der Waals surface area (Å²) in [6.45, 7) is 18.1. The molecule has 0 spiro atoms. The SMILES string of the molecule is CC(C)OCC1(C)CN(C(C)(C)C)CC1(C)CO. The van der Waals surface area contributed by atoms with E-state index in [0.29, 0.717) is 6.61 Å². The van der Waals surface area contributed by atoms with Gasteiger partial charge >= 0.3 is 0 Å². The van der Waals surface area contributed by atoms with E-state index in [1.165, 1.54) is 0 Å². The summed E-state index contributed by atoms with van der Waals surface area (Å²) in [5.74, 6) is 0. The van der Waals surface area contributed by atoms with Crippen LogP contribution in [-0.2, 0) is 4.74 Å². The van der Waals surface area contributed by atoms with Crippen LogP contribution >= 0.6 is 0 Å². The molecule has 18 heavy (non-hydrogen) atoms. The molecule has 108 valence electrons. The minimum absolute atomic E-state index is 0.0132. The van der Waals surface area contributed by atoms with E-state index in [0.717, 1.165) is 13.1 Å². The van der Waals surface area contributed by atoms with Crippen molar-refractivity contribution in [2.45, 2.75) is 60.1 Å². The average Bonchev–Trinajstić information content (AvgIpc) is 2.50. The molecular formula is C15H31NO2. The third-order valence-electron chi connectivity index (χ3n) is 4.57. The van der Waals surface area contributed by atoms with E-state index in [-0.39, 0.29) is 29.1 Å². The van der Waals surface area contributed by atoms with Gasteiger partial charge in [0.1, 0.15) is 0 Å². The van der Waals surface area contributed by atoms with Crippen LogP contribution in [0, 0.1) is 10.8 Å². The highest BCUT2D eigenvalue weighted by atomic mass is 16.5. The van der Waals surface area contributed by atoms with Crippen molar-refractivity contribution in [3.8, 4) is 0 Å². The van der Waals surface area contributed by atoms with Crippen LogP contribution in [0.3, 0.4) is 0 Å². The molecule has 0 aliphatic carbocycles. The first-order chi connectivity index (χ1) is 8.04. The van der Waals surface area contributed by atoms with Crippen molar-refractivity contribution < 1.29 is 9.84 Å². The molecular weight excluding hydrogens is 226 g/mol. The molecule has 0 saturated carbocycles. The second kappa shape index (κ2) is 5.10. The fourth-order valence-corrected chi connectivity index (χ4v) is 2.57. The zero-order chi connectivity index (χ0) is 14.2. The monoisotopic (exact) mass is 257 g/mol. The molecule has 1 saturated heterocycles. The summed E-state index contributed by atoms with van der Waals surface area (Å²) in [6.07, 6.45) is 0.244. The first kappa shape index (κ1) is 15.9. The van der Waals surface area contributed by atoms with E-state index in [1.54, 1.807) is 0 Å². The molecule has 1 aliphatic heterocycles. The highest BCUT2D eigenvalue weighted by molar-refractivity contribution is 5.04. The van der Waals surface area contributed by atoms with Crippen LogP contribution in [0.1, 0.15) is 48.5 Å². The van der Waals surface area contributed by atoms with Crippen LogP contribution in [0.25, 0.3) is 0 Å². The number of likely N-dealkylation sites (tertiary alicyclic amines) is 1. The zero-order valence-electron chi connectivity index (χ0n) is 13.2. The summed E-state index contributed by atoms with van der Waals surface area (Å²) in [7, 11) is 0. The second-order valence-electron chi connectivity index (χ2n) is 7.67. The van der Waals surface area contributed by atoms with Gasteiger partial charge in [-0.25, -0.2) is 0 Å². The normalized spacial score (nSPS) is 34.5. The van der Waals surface area contributed by atoms with Gasteiger partial charge in [-0.2, -0.15) is 0 Å². The number of aliphatic hydroxyl groups is 1. The number of rotatable bonds is 4. The molecule has 1 rings (SSSR count). The van der Waals surface area contributed by atoms with Crippen molar-refractivity contribution in [1.82, 2.24) is 4.90 Å². The van der Waals surface area contributed by atoms with Gasteiger partial charge in [-0.3, -0.25) is 4.90 Å². The smallest absolute Gasteiger partial charge is 0.0542 e. The third-order valence-corrected chi connectivity index (χ3v) is 4.57. The van der Waals surface area contributed by atoms with Crippen LogP contribution in [0.2, 0.25) is 0 Å². The quantitative estimate of drug-likeness (QED) is 0.840. The lowest BCUT2D eigenvalue weighted by Crippen LogP contribution is -2.43. The van der Waals surface area contributed by atoms with E-state index < -0.39 is 0 Å². The summed E-state index contributed by atoms with van der Waals surface area (Å²) in [4.78, 5) is 2.47. The number of hydrogen-bond acceptors (Lipinski definition) is 3. The maximum absolute atomic E-state index is 9.83. The summed E-state index contributed by atoms with van der Waals surface area (Å²) >= 11 is 0. The first-order valence-electron chi connectivity index (χ1n) is 7.02. The van der Waals surface area contributed by atoms with Gasteiger partial charge < -0.3 is 9.84 Å². The number of aliphatic hydroxyl groups excluding tert-OH is 1. The fraction of sp³-hybridized carbons (Fsp3) is 1.00. The largest absolute Gasteiger partial charge is 0.396 e. The standard InChI is InChI=1S/C15H31NO2/c1-12(2)18-11-15(7)9-16(13(3,4)5)8-14(15,6)10-17/h12,17H,8-11H2,1-7H3. The Balaban J connectivity index is 2.88. The van der Waals surface area contributed by atoms with Gasteiger partial charge in [0.15, 0.2) is 0 Å². The number of hydrogen-bond donors (Lipinski definition) is 1. The van der Waals surface area contributed by atoms with Crippen LogP contribution in [0.5, 0.6) is 0 Å². The Morgan fingerprint density at radius 1 is 1.17 bits per heavy atom. The van der Waals surface area contributed by atoms with E-state index >= 15 is 0 Å². The van der Waals surface area contributed by atoms with Crippen LogP contribution in [-0.4, -0.2) is 48.0 Å². The van der Waals surface area contributed by atoms with E-state index in [1.807, 2.05) is 0 Å². The number of ether oxygens (including phenoxy) is 1. The summed E-state index contributed by atoms with van der Waals surface area (Å²) in [5.41, 5.74) is 0.0699. The lowest BCUT2D eigenvalue weighted by molar-refractivity contribution is -0.0434. The Hall–Kier alpha value is -0.120. The van der Waals surface area contributed by atoms with Crippen LogP contribution < -0.4 is 0 Å². The van der Waals surface area contributed by atoms with Gasteiger partial charge in [0, 0.05) is 29.5 Å². The Morgan fingerprint density at radius 3 is 2.06 bits per heavy atom. The molecule has 0 aromatic heterocycles. The lowest BCUT2D eigenvalue weighted by Gasteiger charge is -2.38. The predicted molar refractivity (Wildman–Crippen MR) is 75.7 cm³/mol. The van der Waals surface area contributed by atoms with Gasteiger partial charge in [-0.15, -0.1) is 0 Å². The molecule has 0 radical (unpaired) electrons. The second-order valence-corrected chi connectivity index (χ2v) is 7.67. The van der Waals surface area contributed by atoms with Crippen molar-refractivity contribution >= 4 is 0 Å². The molecule has 1 heterocycles. The Kier molecular flexibility index (Phi) is 4.52. The molecule has 0 aromatic rings. The maximum Gasteiger partial charge on any atom is 0.0542 e. The summed E-state index contributed by atoms with van der Waals surface area (Å²) in [6, 6.07) is 0. The van der Waals surface area contributed by atoms with Crippen molar-refractivity contribution in [3.63, 3.8) is 0 Å². The zero-order valence-corrected chi connectivity index (χ0v) is 13.2.